The molecule has 38 heavy (non-hydrogen) atoms. The second-order valence-corrected chi connectivity index (χ2v) is 9.73. The molecule has 1 aliphatic carbocycles. The van der Waals surface area contributed by atoms with Crippen LogP contribution in [0.2, 0.25) is 0 Å². The van der Waals surface area contributed by atoms with Gasteiger partial charge >= 0.3 is 0 Å². The van der Waals surface area contributed by atoms with E-state index in [2.05, 4.69) is 30.9 Å². The molecule has 4 aromatic rings. The fraction of sp³-hybridized carbons (Fsp3) is 0.370. The number of hydrogen-bond acceptors (Lipinski definition) is 7. The van der Waals surface area contributed by atoms with E-state index >= 15 is 0 Å². The molecule has 5 rings (SSSR count). The molecule has 0 unspecified atom stereocenters. The second-order valence-electron chi connectivity index (χ2n) is 9.73. The van der Waals surface area contributed by atoms with E-state index in [1.165, 1.54) is 10.9 Å². The van der Waals surface area contributed by atoms with Gasteiger partial charge in [0.2, 0.25) is 0 Å². The number of aromatic amines is 1. The number of methoxy groups -OCH3 is 1. The molecule has 0 spiro atoms. The van der Waals surface area contributed by atoms with E-state index in [4.69, 9.17) is 9.72 Å². The van der Waals surface area contributed by atoms with E-state index in [9.17, 15) is 9.18 Å². The maximum atomic E-state index is 13.4. The Morgan fingerprint density at radius 1 is 1.21 bits per heavy atom. The van der Waals surface area contributed by atoms with Gasteiger partial charge in [0, 0.05) is 36.7 Å². The van der Waals surface area contributed by atoms with E-state index in [0.29, 0.717) is 18.7 Å². The summed E-state index contributed by atoms with van der Waals surface area (Å²) in [5.41, 5.74) is 1.89. The molecule has 1 atom stereocenters. The van der Waals surface area contributed by atoms with Crippen LogP contribution in [0.15, 0.2) is 55.0 Å². The summed E-state index contributed by atoms with van der Waals surface area (Å²) in [6, 6.07) is 11.2. The largest absolute Gasteiger partial charge is 0.368 e. The van der Waals surface area contributed by atoms with Gasteiger partial charge in [-0.15, -0.1) is 0 Å². The van der Waals surface area contributed by atoms with Crippen LogP contribution in [0.5, 0.6) is 0 Å². The van der Waals surface area contributed by atoms with E-state index in [0.717, 1.165) is 47.6 Å². The Bertz CT molecular complexity index is 1390. The van der Waals surface area contributed by atoms with E-state index in [1.54, 1.807) is 19.4 Å². The van der Waals surface area contributed by atoms with Crippen LogP contribution < -0.4 is 10.6 Å². The van der Waals surface area contributed by atoms with Gasteiger partial charge in [-0.05, 0) is 63.3 Å². The lowest BCUT2D eigenvalue weighted by molar-refractivity contribution is -0.148. The highest BCUT2D eigenvalue weighted by atomic mass is 19.1. The Morgan fingerprint density at radius 3 is 2.66 bits per heavy atom. The molecule has 11 heteroatoms. The highest BCUT2D eigenvalue weighted by molar-refractivity contribution is 5.85. The number of aryl methyl sites for hydroxylation is 1. The molecule has 1 saturated carbocycles. The van der Waals surface area contributed by atoms with E-state index in [1.807, 2.05) is 44.2 Å². The van der Waals surface area contributed by atoms with Crippen molar-refractivity contribution in [3.63, 3.8) is 0 Å². The van der Waals surface area contributed by atoms with Gasteiger partial charge in [-0.3, -0.25) is 9.89 Å². The first-order chi connectivity index (χ1) is 18.3. The molecule has 198 valence electrons. The van der Waals surface area contributed by atoms with Gasteiger partial charge < -0.3 is 15.4 Å². The number of aromatic nitrogens is 6. The van der Waals surface area contributed by atoms with Crippen LogP contribution in [0.4, 0.5) is 16.0 Å². The van der Waals surface area contributed by atoms with Gasteiger partial charge in [-0.2, -0.15) is 10.2 Å². The van der Waals surface area contributed by atoms with Crippen molar-refractivity contribution in [2.75, 3.05) is 12.4 Å². The zero-order valence-corrected chi connectivity index (χ0v) is 21.6. The Morgan fingerprint density at radius 2 is 2.03 bits per heavy atom. The lowest BCUT2D eigenvalue weighted by Gasteiger charge is -2.38. The number of hydrogen-bond donors (Lipinski definition) is 3. The molecule has 1 fully saturated rings. The Hall–Kier alpha value is -4.12. The molecule has 0 saturated heterocycles. The number of ether oxygens (including phenoxy) is 1. The first-order valence-corrected chi connectivity index (χ1v) is 12.6. The molecule has 3 N–H and O–H groups in total. The summed E-state index contributed by atoms with van der Waals surface area (Å²) in [5, 5.41) is 17.4. The summed E-state index contributed by atoms with van der Waals surface area (Å²) >= 11 is 0. The maximum absolute atomic E-state index is 13.4. The second kappa shape index (κ2) is 10.7. The van der Waals surface area contributed by atoms with Crippen molar-refractivity contribution in [2.45, 2.75) is 57.1 Å². The number of amides is 1. The number of anilines is 2. The summed E-state index contributed by atoms with van der Waals surface area (Å²) in [6.07, 6.45) is 6.79. The van der Waals surface area contributed by atoms with Crippen molar-refractivity contribution in [3.05, 3.63) is 77.8 Å². The van der Waals surface area contributed by atoms with Crippen LogP contribution in [0.3, 0.4) is 0 Å². The van der Waals surface area contributed by atoms with Crippen molar-refractivity contribution in [1.29, 1.82) is 0 Å². The zero-order chi connectivity index (χ0) is 26.7. The van der Waals surface area contributed by atoms with Gasteiger partial charge in [0.05, 0.1) is 18.4 Å². The summed E-state index contributed by atoms with van der Waals surface area (Å²) in [4.78, 5) is 22.5. The summed E-state index contributed by atoms with van der Waals surface area (Å²) in [7, 11) is 1.60. The number of H-pyrrole nitrogens is 1. The highest BCUT2D eigenvalue weighted by Crippen LogP contribution is 2.40. The number of carbonyl (C=O) groups excluding carboxylic acids is 1. The average Bonchev–Trinajstić information content (AvgIpc) is 3.56. The molecule has 10 nitrogen and oxygen atoms in total. The van der Waals surface area contributed by atoms with Crippen molar-refractivity contribution >= 4 is 17.5 Å². The Kier molecular flexibility index (Phi) is 7.19. The normalized spacial score (nSPS) is 20.2. The van der Waals surface area contributed by atoms with Crippen LogP contribution in [0, 0.1) is 12.7 Å². The van der Waals surface area contributed by atoms with Crippen LogP contribution >= 0.6 is 0 Å². The van der Waals surface area contributed by atoms with Crippen LogP contribution in [-0.4, -0.2) is 48.6 Å². The van der Waals surface area contributed by atoms with Crippen molar-refractivity contribution in [2.24, 2.45) is 0 Å². The lowest BCUT2D eigenvalue weighted by Crippen LogP contribution is -2.50. The third-order valence-electron chi connectivity index (χ3n) is 7.15. The zero-order valence-electron chi connectivity index (χ0n) is 21.6. The summed E-state index contributed by atoms with van der Waals surface area (Å²) in [6.45, 7) is 3.85. The molecule has 0 aliphatic heterocycles. The molecule has 0 radical (unpaired) electrons. The predicted molar refractivity (Wildman–Crippen MR) is 140 cm³/mol. The fourth-order valence-corrected chi connectivity index (χ4v) is 4.89. The van der Waals surface area contributed by atoms with Crippen molar-refractivity contribution in [1.82, 2.24) is 35.3 Å². The smallest absolute Gasteiger partial charge is 0.252 e. The quantitative estimate of drug-likeness (QED) is 0.314. The van der Waals surface area contributed by atoms with Crippen molar-refractivity contribution < 1.29 is 13.9 Å². The fourth-order valence-electron chi connectivity index (χ4n) is 4.89. The molecule has 1 amide bonds. The summed E-state index contributed by atoms with van der Waals surface area (Å²) < 4.78 is 20.4. The van der Waals surface area contributed by atoms with Crippen LogP contribution in [0.25, 0.3) is 5.82 Å². The number of rotatable bonds is 8. The van der Waals surface area contributed by atoms with Crippen molar-refractivity contribution in [3.8, 4) is 5.82 Å². The van der Waals surface area contributed by atoms with Gasteiger partial charge in [0.15, 0.2) is 17.5 Å². The number of nitrogens with one attached hydrogen (secondary N) is 3. The average molecular weight is 519 g/mol. The molecular formula is C27H31FN8O2. The minimum Gasteiger partial charge on any atom is -0.368 e. The molecule has 1 aliphatic rings. The van der Waals surface area contributed by atoms with Gasteiger partial charge in [-0.1, -0.05) is 12.1 Å². The Balaban J connectivity index is 1.20. The molecule has 0 aromatic carbocycles. The van der Waals surface area contributed by atoms with E-state index < -0.39 is 11.4 Å². The van der Waals surface area contributed by atoms with Crippen LogP contribution in [-0.2, 0) is 9.53 Å². The maximum Gasteiger partial charge on any atom is 0.252 e. The SMILES string of the molecule is COC1(C(=O)N[C@@H](C)c2ccc(-n3cc(F)cn3)nc2)CCC(c2cccc(Nc3cc(C)[nH]n3)n2)CC1. The number of pyridine rings is 2. The number of nitrogens with zero attached hydrogens (tertiary/aromatic N) is 5. The molecule has 4 heterocycles. The van der Waals surface area contributed by atoms with Gasteiger partial charge in [0.1, 0.15) is 11.4 Å². The topological polar surface area (TPSA) is 123 Å². The monoisotopic (exact) mass is 518 g/mol. The molecule has 4 aromatic heterocycles. The molecular weight excluding hydrogens is 487 g/mol. The minimum atomic E-state index is -0.896. The van der Waals surface area contributed by atoms with Gasteiger partial charge in [-0.25, -0.2) is 19.0 Å². The van der Waals surface area contributed by atoms with Gasteiger partial charge in [0.25, 0.3) is 5.91 Å². The summed E-state index contributed by atoms with van der Waals surface area (Å²) in [5.74, 6) is 1.62. The highest BCUT2D eigenvalue weighted by Gasteiger charge is 2.43. The number of carbonyl (C=O) groups is 1. The third-order valence-corrected chi connectivity index (χ3v) is 7.15. The first-order valence-electron chi connectivity index (χ1n) is 12.6. The number of halogens is 1. The standard InChI is InChI=1S/C27H31FN8O2/c1-17-13-24(35-34-17)33-23-6-4-5-22(32-23)19-9-11-27(38-3,12-10-19)26(37)31-18(2)20-7-8-25(29-14-20)36-16-21(28)15-30-36/h4-8,13-16,18-19H,9-12H2,1-3H3,(H,31,37)(H2,32,33,34,35)/t18-,19?,27?/m0/s1. The first kappa shape index (κ1) is 25.5. The predicted octanol–water partition coefficient (Wildman–Crippen LogP) is 4.50. The minimum absolute atomic E-state index is 0.138. The Labute approximate surface area is 220 Å². The third kappa shape index (κ3) is 5.42. The van der Waals surface area contributed by atoms with Crippen LogP contribution in [0.1, 0.15) is 61.5 Å². The molecule has 0 bridgehead atoms. The van der Waals surface area contributed by atoms with E-state index in [-0.39, 0.29) is 17.9 Å². The lowest BCUT2D eigenvalue weighted by atomic mass is 9.76.